The molecule has 0 aliphatic carbocycles. The van der Waals surface area contributed by atoms with E-state index in [9.17, 15) is 10.4 Å². The lowest BCUT2D eigenvalue weighted by molar-refractivity contribution is 0.399. The van der Waals surface area contributed by atoms with Gasteiger partial charge in [0.2, 0.25) is 0 Å². The van der Waals surface area contributed by atoms with Crippen molar-refractivity contribution in [1.29, 1.82) is 5.26 Å². The molecule has 0 bridgehead atoms. The topological polar surface area (TPSA) is 72.7 Å². The molecule has 0 saturated carbocycles. The molecule has 0 saturated heterocycles. The number of aliphatic hydroxyl groups is 1. The van der Waals surface area contributed by atoms with E-state index in [2.05, 4.69) is 16.0 Å². The second kappa shape index (κ2) is 8.03. The summed E-state index contributed by atoms with van der Waals surface area (Å²) in [5.41, 5.74) is 2.64. The number of imidazole rings is 1. The Morgan fingerprint density at radius 2 is 1.57 bits per heavy atom. The molecule has 1 aromatic heterocycles. The number of allylic oxidation sites excluding steroid dienone is 1. The van der Waals surface area contributed by atoms with E-state index in [1.54, 1.807) is 0 Å². The largest absolute Gasteiger partial charge is 0.509 e. The van der Waals surface area contributed by atoms with E-state index in [1.807, 2.05) is 84.9 Å². The van der Waals surface area contributed by atoms with Crippen LogP contribution in [-0.2, 0) is 0 Å². The van der Waals surface area contributed by atoms with E-state index in [0.717, 1.165) is 21.5 Å². The van der Waals surface area contributed by atoms with Gasteiger partial charge in [0.05, 0.1) is 16.3 Å². The molecular weight excluding hydrogens is 366 g/mol. The third-order valence-electron chi connectivity index (χ3n) is 4.34. The van der Waals surface area contributed by atoms with Crippen LogP contribution in [0.4, 0.5) is 0 Å². The first kappa shape index (κ1) is 17.9. The third kappa shape index (κ3) is 3.64. The molecule has 136 valence electrons. The maximum Gasteiger partial charge on any atom is 0.152 e. The number of fused-ring (bicyclic) bond motifs is 1. The Balaban J connectivity index is 1.81. The van der Waals surface area contributed by atoms with Crippen LogP contribution in [0.2, 0.25) is 0 Å². The number of nitriles is 1. The van der Waals surface area contributed by atoms with Crippen LogP contribution in [0.15, 0.2) is 95.6 Å². The minimum absolute atomic E-state index is 0.0124. The molecule has 1 heterocycles. The number of thioether (sulfide) groups is 1. The van der Waals surface area contributed by atoms with Crippen LogP contribution in [0.1, 0.15) is 16.6 Å². The Labute approximate surface area is 167 Å². The summed E-state index contributed by atoms with van der Waals surface area (Å²) in [7, 11) is 0. The predicted molar refractivity (Wildman–Crippen MR) is 113 cm³/mol. The van der Waals surface area contributed by atoms with Gasteiger partial charge in [0, 0.05) is 4.90 Å². The minimum Gasteiger partial charge on any atom is -0.509 e. The molecule has 0 radical (unpaired) electrons. The van der Waals surface area contributed by atoms with E-state index in [4.69, 9.17) is 0 Å². The summed E-state index contributed by atoms with van der Waals surface area (Å²) >= 11 is 1.49. The molecule has 1 atom stereocenters. The molecule has 0 fully saturated rings. The molecule has 3 aromatic carbocycles. The maximum atomic E-state index is 11.1. The zero-order chi connectivity index (χ0) is 19.3. The van der Waals surface area contributed by atoms with Gasteiger partial charge in [0.25, 0.3) is 0 Å². The van der Waals surface area contributed by atoms with E-state index >= 15 is 0 Å². The Morgan fingerprint density at radius 1 is 0.929 bits per heavy atom. The highest BCUT2D eigenvalue weighted by molar-refractivity contribution is 7.99. The fourth-order valence-corrected chi connectivity index (χ4v) is 4.09. The van der Waals surface area contributed by atoms with Crippen molar-refractivity contribution in [1.82, 2.24) is 9.97 Å². The van der Waals surface area contributed by atoms with Gasteiger partial charge in [-0.15, -0.1) is 11.8 Å². The first-order valence-electron chi connectivity index (χ1n) is 8.81. The van der Waals surface area contributed by atoms with E-state index < -0.39 is 5.25 Å². The summed E-state index contributed by atoms with van der Waals surface area (Å²) in [4.78, 5) is 8.62. The summed E-state index contributed by atoms with van der Waals surface area (Å²) in [6.07, 6.45) is 0. The van der Waals surface area contributed by atoms with Gasteiger partial charge < -0.3 is 10.1 Å². The molecule has 2 N–H and O–H groups in total. The van der Waals surface area contributed by atoms with Crippen LogP contribution in [-0.4, -0.2) is 15.1 Å². The average Bonchev–Trinajstić information content (AvgIpc) is 3.17. The molecule has 5 heteroatoms. The van der Waals surface area contributed by atoms with Crippen LogP contribution < -0.4 is 0 Å². The fraction of sp³-hybridized carbons (Fsp3) is 0.0435. The van der Waals surface area contributed by atoms with Gasteiger partial charge in [-0.1, -0.05) is 60.7 Å². The molecule has 4 aromatic rings. The zero-order valence-corrected chi connectivity index (χ0v) is 15.7. The first-order valence-corrected chi connectivity index (χ1v) is 9.69. The van der Waals surface area contributed by atoms with Gasteiger partial charge in [-0.2, -0.15) is 5.26 Å². The number of nitrogens with one attached hydrogen (secondary N) is 1. The molecule has 28 heavy (non-hydrogen) atoms. The van der Waals surface area contributed by atoms with Gasteiger partial charge in [-0.05, 0) is 29.8 Å². The second-order valence-electron chi connectivity index (χ2n) is 6.20. The van der Waals surface area contributed by atoms with Crippen molar-refractivity contribution in [3.05, 3.63) is 102 Å². The molecule has 0 aliphatic rings. The first-order chi connectivity index (χ1) is 13.8. The summed E-state index contributed by atoms with van der Waals surface area (Å²) in [5.74, 6) is 0.359. The Bertz CT molecular complexity index is 1130. The van der Waals surface area contributed by atoms with Crippen molar-refractivity contribution >= 4 is 28.4 Å². The van der Waals surface area contributed by atoms with Crippen LogP contribution in [0.5, 0.6) is 0 Å². The molecular formula is C23H17N3OS. The lowest BCUT2D eigenvalue weighted by atomic mass is 10.1. The van der Waals surface area contributed by atoms with Gasteiger partial charge in [-0.25, -0.2) is 4.98 Å². The lowest BCUT2D eigenvalue weighted by Crippen LogP contribution is -2.02. The van der Waals surface area contributed by atoms with Crippen molar-refractivity contribution < 1.29 is 5.11 Å². The van der Waals surface area contributed by atoms with Gasteiger partial charge in [0.15, 0.2) is 5.82 Å². The molecule has 0 spiro atoms. The number of para-hydroxylation sites is 2. The van der Waals surface area contributed by atoms with Crippen LogP contribution >= 0.6 is 11.8 Å². The number of rotatable bonds is 5. The van der Waals surface area contributed by atoms with Crippen LogP contribution in [0.25, 0.3) is 16.6 Å². The summed E-state index contributed by atoms with van der Waals surface area (Å²) in [6, 6.07) is 29.2. The SMILES string of the molecule is N#CC(=C(O)C(Sc1ccccc1)c1ccccc1)c1nc2ccccc2[nH]1. The number of aliphatic hydroxyl groups excluding tert-OH is 1. The summed E-state index contributed by atoms with van der Waals surface area (Å²) in [6.45, 7) is 0. The monoisotopic (exact) mass is 383 g/mol. The van der Waals surface area contributed by atoms with Gasteiger partial charge >= 0.3 is 0 Å². The summed E-state index contributed by atoms with van der Waals surface area (Å²) < 4.78 is 0. The van der Waals surface area contributed by atoms with Crippen molar-refractivity contribution in [3.63, 3.8) is 0 Å². The van der Waals surface area contributed by atoms with Crippen molar-refractivity contribution in [3.8, 4) is 6.07 Å². The average molecular weight is 383 g/mol. The number of H-pyrrole nitrogens is 1. The number of nitrogens with zero attached hydrogens (tertiary/aromatic N) is 2. The second-order valence-corrected chi connectivity index (χ2v) is 7.37. The van der Waals surface area contributed by atoms with E-state index in [-0.39, 0.29) is 11.3 Å². The van der Waals surface area contributed by atoms with E-state index in [1.165, 1.54) is 11.8 Å². The van der Waals surface area contributed by atoms with Crippen molar-refractivity contribution in [2.75, 3.05) is 0 Å². The number of aromatic amines is 1. The van der Waals surface area contributed by atoms with Crippen LogP contribution in [0.3, 0.4) is 0 Å². The Hall–Kier alpha value is -3.49. The lowest BCUT2D eigenvalue weighted by Gasteiger charge is -2.17. The predicted octanol–water partition coefficient (Wildman–Crippen LogP) is 5.89. The van der Waals surface area contributed by atoms with Crippen molar-refractivity contribution in [2.24, 2.45) is 0 Å². The number of aromatic nitrogens is 2. The third-order valence-corrected chi connectivity index (χ3v) is 5.62. The molecule has 4 rings (SSSR count). The van der Waals surface area contributed by atoms with E-state index in [0.29, 0.717) is 5.82 Å². The van der Waals surface area contributed by atoms with Gasteiger partial charge in [-0.3, -0.25) is 0 Å². The highest BCUT2D eigenvalue weighted by atomic mass is 32.2. The normalized spacial score (nSPS) is 13.0. The maximum absolute atomic E-state index is 11.1. The standard InChI is InChI=1S/C23H17N3OS/c24-15-18(23-25-19-13-7-8-14-20(19)26-23)21(27)22(16-9-3-1-4-10-16)28-17-11-5-2-6-12-17/h1-14,22,27H,(H,25,26). The molecule has 0 amide bonds. The zero-order valence-electron chi connectivity index (χ0n) is 14.9. The number of hydrogen-bond acceptors (Lipinski definition) is 4. The van der Waals surface area contributed by atoms with Crippen LogP contribution in [0, 0.1) is 11.3 Å². The molecule has 0 aliphatic heterocycles. The number of hydrogen-bond donors (Lipinski definition) is 2. The Kier molecular flexibility index (Phi) is 5.14. The molecule has 4 nitrogen and oxygen atoms in total. The fourth-order valence-electron chi connectivity index (χ4n) is 2.98. The summed E-state index contributed by atoms with van der Waals surface area (Å²) in [5, 5.41) is 20.5. The number of benzene rings is 3. The smallest absolute Gasteiger partial charge is 0.152 e. The highest BCUT2D eigenvalue weighted by Crippen LogP contribution is 2.41. The quantitative estimate of drug-likeness (QED) is 0.256. The highest BCUT2D eigenvalue weighted by Gasteiger charge is 2.24. The van der Waals surface area contributed by atoms with Crippen molar-refractivity contribution in [2.45, 2.75) is 10.1 Å². The minimum atomic E-state index is -0.425. The molecule has 1 unspecified atom stereocenters. The van der Waals surface area contributed by atoms with Gasteiger partial charge in [0.1, 0.15) is 17.4 Å². The Morgan fingerprint density at radius 3 is 2.25 bits per heavy atom.